The van der Waals surface area contributed by atoms with E-state index >= 15 is 0 Å². The molecule has 0 fully saturated rings. The van der Waals surface area contributed by atoms with Gasteiger partial charge in [0.1, 0.15) is 0 Å². The van der Waals surface area contributed by atoms with Crippen LogP contribution in [-0.2, 0) is 24.6 Å². The van der Waals surface area contributed by atoms with Crippen molar-refractivity contribution < 1.29 is 24.6 Å². The predicted molar refractivity (Wildman–Crippen MR) is 129 cm³/mol. The number of aliphatic imine (C=N–C) groups is 2. The maximum absolute atomic E-state index is 4.71. The molecule has 0 radical (unpaired) electrons. The summed E-state index contributed by atoms with van der Waals surface area (Å²) in [5.41, 5.74) is 6.94. The zero-order valence-corrected chi connectivity index (χ0v) is 23.5. The third kappa shape index (κ3) is 6.08. The van der Waals surface area contributed by atoms with Gasteiger partial charge in [0.15, 0.2) is 0 Å². The molecule has 31 heavy (non-hydrogen) atoms. The topological polar surface area (TPSA) is 24.7 Å². The fourth-order valence-electron chi connectivity index (χ4n) is 3.40. The summed E-state index contributed by atoms with van der Waals surface area (Å²) in [4.78, 5) is 9.42. The molecule has 148 valence electrons. The second-order valence-corrected chi connectivity index (χ2v) is 15.1. The minimum atomic E-state index is -1.60. The molecule has 0 aromatic heterocycles. The van der Waals surface area contributed by atoms with Crippen LogP contribution in [-0.4, -0.2) is 12.4 Å². The van der Waals surface area contributed by atoms with E-state index in [2.05, 4.69) is 111 Å². The molecule has 0 aliphatic carbocycles. The molecule has 3 heteroatoms. The van der Waals surface area contributed by atoms with E-state index in [1.54, 1.807) is 0 Å². The van der Waals surface area contributed by atoms with Crippen LogP contribution in [0.1, 0.15) is 22.3 Å². The summed E-state index contributed by atoms with van der Waals surface area (Å²) in [6, 6.07) is 34.0. The Labute approximate surface area is 196 Å². The van der Waals surface area contributed by atoms with Crippen molar-refractivity contribution in [2.24, 2.45) is 9.98 Å². The average molecular weight is 589 g/mol. The molecule has 0 atom stereocenters. The van der Waals surface area contributed by atoms with Crippen LogP contribution in [0, 0.1) is 13.8 Å². The van der Waals surface area contributed by atoms with Gasteiger partial charge in [-0.15, -0.1) is 0 Å². The first-order chi connectivity index (χ1) is 15.2. The van der Waals surface area contributed by atoms with Crippen LogP contribution >= 0.6 is 0 Å². The van der Waals surface area contributed by atoms with Crippen molar-refractivity contribution in [3.05, 3.63) is 119 Å². The number of nitrogens with zero attached hydrogens (tertiary/aromatic N) is 2. The SMILES string of the molecule is Cc1ccc(N=Cc2cccc[c]2[Hg][c]2ccccc2C=Nc2ccc(C)cc2)cc1. The van der Waals surface area contributed by atoms with E-state index in [1.165, 1.54) is 28.4 Å². The number of benzene rings is 4. The number of rotatable bonds is 6. The van der Waals surface area contributed by atoms with Gasteiger partial charge in [0.2, 0.25) is 0 Å². The fraction of sp³-hybridized carbons (Fsp3) is 0.0714. The molecule has 0 amide bonds. The van der Waals surface area contributed by atoms with E-state index in [0.29, 0.717) is 0 Å². The Balaban J connectivity index is 1.57. The predicted octanol–water partition coefficient (Wildman–Crippen LogP) is 5.84. The second kappa shape index (κ2) is 10.5. The molecule has 4 aromatic carbocycles. The molecular formula is C28H24HgN2. The number of hydrogen-bond acceptors (Lipinski definition) is 2. The third-order valence-electron chi connectivity index (χ3n) is 5.26. The molecule has 0 N–H and O–H groups in total. The van der Waals surface area contributed by atoms with Crippen LogP contribution in [0.5, 0.6) is 0 Å². The van der Waals surface area contributed by atoms with Crippen molar-refractivity contribution in [2.75, 3.05) is 0 Å². The third-order valence-corrected chi connectivity index (χ3v) is 13.2. The Morgan fingerprint density at radius 1 is 0.516 bits per heavy atom. The first-order valence-corrected chi connectivity index (χ1v) is 16.0. The van der Waals surface area contributed by atoms with E-state index in [4.69, 9.17) is 9.98 Å². The van der Waals surface area contributed by atoms with Crippen LogP contribution in [0.3, 0.4) is 0 Å². The molecule has 0 saturated heterocycles. The van der Waals surface area contributed by atoms with Gasteiger partial charge in [0.05, 0.1) is 0 Å². The summed E-state index contributed by atoms with van der Waals surface area (Å²) < 4.78 is 2.93. The Morgan fingerprint density at radius 3 is 1.32 bits per heavy atom. The van der Waals surface area contributed by atoms with Crippen molar-refractivity contribution in [3.8, 4) is 0 Å². The molecule has 4 aromatic rings. The minimum absolute atomic E-state index is 0.989. The van der Waals surface area contributed by atoms with E-state index in [9.17, 15) is 0 Å². The van der Waals surface area contributed by atoms with Crippen molar-refractivity contribution in [2.45, 2.75) is 13.8 Å². The molecule has 4 rings (SSSR count). The number of aryl methyl sites for hydroxylation is 2. The van der Waals surface area contributed by atoms with Gasteiger partial charge in [-0.1, -0.05) is 0 Å². The van der Waals surface area contributed by atoms with Gasteiger partial charge in [-0.2, -0.15) is 0 Å². The molecule has 0 spiro atoms. The molecule has 0 heterocycles. The average Bonchev–Trinajstić information content (AvgIpc) is 2.80. The van der Waals surface area contributed by atoms with Crippen LogP contribution < -0.4 is 6.14 Å². The fourth-order valence-corrected chi connectivity index (χ4v) is 10.2. The van der Waals surface area contributed by atoms with Crippen molar-refractivity contribution in [1.29, 1.82) is 0 Å². The molecule has 0 saturated carbocycles. The van der Waals surface area contributed by atoms with Gasteiger partial charge in [0.25, 0.3) is 0 Å². The Kier molecular flexibility index (Phi) is 7.21. The summed E-state index contributed by atoms with van der Waals surface area (Å²) in [5.74, 6) is 0. The zero-order chi connectivity index (χ0) is 21.5. The van der Waals surface area contributed by atoms with Crippen molar-refractivity contribution >= 4 is 29.9 Å². The molecule has 0 aliphatic heterocycles. The van der Waals surface area contributed by atoms with Crippen LogP contribution in [0.2, 0.25) is 0 Å². The van der Waals surface area contributed by atoms with Gasteiger partial charge >= 0.3 is 198 Å². The monoisotopic (exact) mass is 590 g/mol. The quantitative estimate of drug-likeness (QED) is 0.200. The first kappa shape index (κ1) is 21.4. The van der Waals surface area contributed by atoms with Crippen LogP contribution in [0.4, 0.5) is 11.4 Å². The molecule has 0 unspecified atom stereocenters. The number of hydrogen-bond donors (Lipinski definition) is 0. The van der Waals surface area contributed by atoms with Crippen molar-refractivity contribution in [3.63, 3.8) is 0 Å². The normalized spacial score (nSPS) is 11.2. The Hall–Kier alpha value is -2.84. The Morgan fingerprint density at radius 2 is 0.903 bits per heavy atom. The molecule has 0 bridgehead atoms. The van der Waals surface area contributed by atoms with Gasteiger partial charge in [0, 0.05) is 0 Å². The molecule has 0 aliphatic rings. The molecule has 2 nitrogen and oxygen atoms in total. The van der Waals surface area contributed by atoms with Gasteiger partial charge in [-0.3, -0.25) is 0 Å². The molecular weight excluding hydrogens is 565 g/mol. The first-order valence-electron chi connectivity index (χ1n) is 10.5. The standard InChI is InChI=1S/2C14H12N.Hg/c2*1-12-7-9-14(10-8-12)15-11-13-5-3-2-4-6-13;/h2*2-5,7-11H,1H3;. The summed E-state index contributed by atoms with van der Waals surface area (Å²) in [5, 5.41) is 0. The van der Waals surface area contributed by atoms with E-state index in [1.807, 2.05) is 12.4 Å². The second-order valence-electron chi connectivity index (χ2n) is 7.76. The van der Waals surface area contributed by atoms with Gasteiger partial charge < -0.3 is 0 Å². The maximum atomic E-state index is 4.71. The summed E-state index contributed by atoms with van der Waals surface area (Å²) in [7, 11) is 0. The summed E-state index contributed by atoms with van der Waals surface area (Å²) >= 11 is -1.60. The van der Waals surface area contributed by atoms with Gasteiger partial charge in [-0.25, -0.2) is 0 Å². The van der Waals surface area contributed by atoms with E-state index < -0.39 is 24.6 Å². The van der Waals surface area contributed by atoms with Crippen molar-refractivity contribution in [1.82, 2.24) is 0 Å². The van der Waals surface area contributed by atoms with Crippen LogP contribution in [0.15, 0.2) is 107 Å². The summed E-state index contributed by atoms with van der Waals surface area (Å²) in [6.07, 6.45) is 4.03. The Bertz CT molecular complexity index is 1110. The van der Waals surface area contributed by atoms with E-state index in [-0.39, 0.29) is 0 Å². The summed E-state index contributed by atoms with van der Waals surface area (Å²) in [6.45, 7) is 4.19. The van der Waals surface area contributed by atoms with E-state index in [0.717, 1.165) is 11.4 Å². The van der Waals surface area contributed by atoms with Gasteiger partial charge in [-0.05, 0) is 0 Å². The van der Waals surface area contributed by atoms with Crippen LogP contribution in [0.25, 0.3) is 0 Å². The zero-order valence-electron chi connectivity index (χ0n) is 18.0.